The highest BCUT2D eigenvalue weighted by molar-refractivity contribution is 5.39. The Morgan fingerprint density at radius 1 is 1.47 bits per heavy atom. The maximum atomic E-state index is 13.2. The van der Waals surface area contributed by atoms with Gasteiger partial charge in [-0.25, -0.2) is 4.39 Å². The molecule has 0 aliphatic rings. The van der Waals surface area contributed by atoms with Gasteiger partial charge in [0.05, 0.1) is 6.10 Å². The first-order valence-electron chi connectivity index (χ1n) is 4.92. The Labute approximate surface area is 88.4 Å². The van der Waals surface area contributed by atoms with E-state index in [4.69, 9.17) is 5.73 Å². The highest BCUT2D eigenvalue weighted by atomic mass is 19.1. The summed E-state index contributed by atoms with van der Waals surface area (Å²) in [5, 5.41) is 19.1. The van der Waals surface area contributed by atoms with Crippen molar-refractivity contribution in [3.63, 3.8) is 0 Å². The van der Waals surface area contributed by atoms with E-state index in [9.17, 15) is 14.6 Å². The second-order valence-electron chi connectivity index (χ2n) is 3.67. The molecule has 2 unspecified atom stereocenters. The molecular weight excluding hydrogens is 197 g/mol. The molecule has 4 N–H and O–H groups in total. The quantitative estimate of drug-likeness (QED) is 0.712. The Morgan fingerprint density at radius 2 is 2.07 bits per heavy atom. The van der Waals surface area contributed by atoms with Crippen LogP contribution in [0, 0.1) is 5.82 Å². The molecule has 4 heteroatoms. The van der Waals surface area contributed by atoms with Crippen molar-refractivity contribution in [2.75, 3.05) is 0 Å². The zero-order valence-corrected chi connectivity index (χ0v) is 8.87. The third-order valence-corrected chi connectivity index (χ3v) is 2.38. The molecule has 0 aliphatic carbocycles. The molecule has 0 radical (unpaired) electrons. The number of phenolic OH excluding ortho intramolecular Hbond substituents is 1. The minimum atomic E-state index is -1.05. The molecule has 84 valence electrons. The third-order valence-electron chi connectivity index (χ3n) is 2.38. The summed E-state index contributed by atoms with van der Waals surface area (Å²) in [6.07, 6.45) is -0.415. The van der Waals surface area contributed by atoms with Crippen molar-refractivity contribution in [3.8, 4) is 5.75 Å². The van der Waals surface area contributed by atoms with Crippen LogP contribution in [-0.4, -0.2) is 16.3 Å². The average molecular weight is 213 g/mol. The molecular formula is C11H16FNO2. The summed E-state index contributed by atoms with van der Waals surface area (Å²) < 4.78 is 13.2. The number of aromatic hydroxyl groups is 1. The minimum absolute atomic E-state index is 0.154. The molecule has 2 atom stereocenters. The van der Waals surface area contributed by atoms with Gasteiger partial charge in [-0.1, -0.05) is 6.92 Å². The number of benzene rings is 1. The van der Waals surface area contributed by atoms with E-state index in [0.29, 0.717) is 6.42 Å². The zero-order chi connectivity index (χ0) is 11.6. The average Bonchev–Trinajstić information content (AvgIpc) is 2.20. The summed E-state index contributed by atoms with van der Waals surface area (Å²) >= 11 is 0. The van der Waals surface area contributed by atoms with Gasteiger partial charge < -0.3 is 15.9 Å². The maximum Gasteiger partial charge on any atom is 0.165 e. The highest BCUT2D eigenvalue weighted by Gasteiger charge is 2.19. The van der Waals surface area contributed by atoms with Crippen LogP contribution in [0.4, 0.5) is 4.39 Å². The lowest BCUT2D eigenvalue weighted by molar-refractivity contribution is 0.149. The van der Waals surface area contributed by atoms with E-state index in [2.05, 4.69) is 0 Å². The highest BCUT2D eigenvalue weighted by Crippen LogP contribution is 2.30. The third kappa shape index (κ3) is 2.46. The van der Waals surface area contributed by atoms with E-state index in [1.54, 1.807) is 13.0 Å². The molecule has 15 heavy (non-hydrogen) atoms. The number of phenols is 1. The zero-order valence-electron chi connectivity index (χ0n) is 8.87. The van der Waals surface area contributed by atoms with Crippen LogP contribution in [0.1, 0.15) is 31.1 Å². The smallest absolute Gasteiger partial charge is 0.165 e. The van der Waals surface area contributed by atoms with Crippen LogP contribution in [-0.2, 0) is 6.42 Å². The molecule has 0 spiro atoms. The van der Waals surface area contributed by atoms with Crippen LogP contribution in [0.5, 0.6) is 5.75 Å². The van der Waals surface area contributed by atoms with E-state index in [1.807, 2.05) is 6.92 Å². The summed E-state index contributed by atoms with van der Waals surface area (Å²) in [5.74, 6) is -1.24. The predicted molar refractivity (Wildman–Crippen MR) is 56.1 cm³/mol. The Balaban J connectivity index is 3.21. The largest absolute Gasteiger partial charge is 0.505 e. The van der Waals surface area contributed by atoms with Crippen molar-refractivity contribution >= 4 is 0 Å². The van der Waals surface area contributed by atoms with Gasteiger partial charge in [-0.3, -0.25) is 0 Å². The Hall–Kier alpha value is -1.13. The van der Waals surface area contributed by atoms with Gasteiger partial charge in [0.25, 0.3) is 0 Å². The molecule has 0 aromatic heterocycles. The maximum absolute atomic E-state index is 13.2. The van der Waals surface area contributed by atoms with Crippen molar-refractivity contribution < 1.29 is 14.6 Å². The van der Waals surface area contributed by atoms with E-state index in [1.165, 1.54) is 6.07 Å². The number of aliphatic hydroxyl groups excluding tert-OH is 1. The number of hydrogen-bond donors (Lipinski definition) is 3. The second-order valence-corrected chi connectivity index (χ2v) is 3.67. The molecule has 0 heterocycles. The Morgan fingerprint density at radius 3 is 2.53 bits per heavy atom. The lowest BCUT2D eigenvalue weighted by atomic mass is 9.99. The Kier molecular flexibility index (Phi) is 3.66. The standard InChI is InChI=1S/C11H16FNO2/c1-3-7-4-8(10(14)6(2)13)11(15)9(12)5-7/h4-6,10,14-15H,3,13H2,1-2H3. The number of aliphatic hydroxyl groups is 1. The van der Waals surface area contributed by atoms with Crippen LogP contribution in [0.3, 0.4) is 0 Å². The van der Waals surface area contributed by atoms with Crippen molar-refractivity contribution in [2.45, 2.75) is 32.4 Å². The van der Waals surface area contributed by atoms with Crippen LogP contribution < -0.4 is 5.73 Å². The fraction of sp³-hybridized carbons (Fsp3) is 0.455. The fourth-order valence-electron chi connectivity index (χ4n) is 1.39. The summed E-state index contributed by atoms with van der Waals surface area (Å²) in [6.45, 7) is 3.47. The molecule has 0 saturated heterocycles. The normalized spacial score (nSPS) is 15.0. The van der Waals surface area contributed by atoms with Gasteiger partial charge in [0, 0.05) is 11.6 Å². The lowest BCUT2D eigenvalue weighted by Gasteiger charge is -2.17. The summed E-state index contributed by atoms with van der Waals surface area (Å²) in [4.78, 5) is 0. The number of aryl methyl sites for hydroxylation is 1. The van der Waals surface area contributed by atoms with E-state index in [0.717, 1.165) is 5.56 Å². The van der Waals surface area contributed by atoms with E-state index >= 15 is 0 Å². The lowest BCUT2D eigenvalue weighted by Crippen LogP contribution is -2.24. The van der Waals surface area contributed by atoms with Crippen LogP contribution in [0.2, 0.25) is 0 Å². The molecule has 0 saturated carbocycles. The van der Waals surface area contributed by atoms with E-state index < -0.39 is 23.7 Å². The van der Waals surface area contributed by atoms with Crippen molar-refractivity contribution in [1.82, 2.24) is 0 Å². The van der Waals surface area contributed by atoms with E-state index in [-0.39, 0.29) is 5.56 Å². The van der Waals surface area contributed by atoms with Gasteiger partial charge >= 0.3 is 0 Å². The van der Waals surface area contributed by atoms with Gasteiger partial charge in [0.15, 0.2) is 11.6 Å². The topological polar surface area (TPSA) is 66.5 Å². The SMILES string of the molecule is CCc1cc(F)c(O)c(C(O)C(C)N)c1. The molecule has 3 nitrogen and oxygen atoms in total. The van der Waals surface area contributed by atoms with Gasteiger partial charge in [0.1, 0.15) is 0 Å². The molecule has 1 aromatic rings. The first-order chi connectivity index (χ1) is 6.97. The molecule has 0 fully saturated rings. The molecule has 1 rings (SSSR count). The second kappa shape index (κ2) is 4.59. The summed E-state index contributed by atoms with van der Waals surface area (Å²) in [5.41, 5.74) is 6.37. The van der Waals surface area contributed by atoms with Crippen molar-refractivity contribution in [2.24, 2.45) is 5.73 Å². The number of hydrogen-bond acceptors (Lipinski definition) is 3. The molecule has 1 aromatic carbocycles. The van der Waals surface area contributed by atoms with Crippen molar-refractivity contribution in [3.05, 3.63) is 29.1 Å². The molecule has 0 aliphatic heterocycles. The molecule has 0 amide bonds. The number of nitrogens with two attached hydrogens (primary N) is 1. The first-order valence-corrected chi connectivity index (χ1v) is 4.92. The van der Waals surface area contributed by atoms with Gasteiger partial charge in [-0.05, 0) is 31.0 Å². The van der Waals surface area contributed by atoms with Crippen LogP contribution in [0.25, 0.3) is 0 Å². The predicted octanol–water partition coefficient (Wildman–Crippen LogP) is 1.47. The number of rotatable bonds is 3. The minimum Gasteiger partial charge on any atom is -0.505 e. The fourth-order valence-corrected chi connectivity index (χ4v) is 1.39. The first kappa shape index (κ1) is 11.9. The Bertz CT molecular complexity index is 353. The number of halogens is 1. The monoisotopic (exact) mass is 213 g/mol. The van der Waals surface area contributed by atoms with Gasteiger partial charge in [-0.15, -0.1) is 0 Å². The van der Waals surface area contributed by atoms with Gasteiger partial charge in [-0.2, -0.15) is 0 Å². The van der Waals surface area contributed by atoms with Crippen LogP contribution >= 0.6 is 0 Å². The van der Waals surface area contributed by atoms with Gasteiger partial charge in [0.2, 0.25) is 0 Å². The summed E-state index contributed by atoms with van der Waals surface area (Å²) in [6, 6.07) is 2.28. The summed E-state index contributed by atoms with van der Waals surface area (Å²) in [7, 11) is 0. The molecule has 0 bridgehead atoms. The van der Waals surface area contributed by atoms with Crippen LogP contribution in [0.15, 0.2) is 12.1 Å². The van der Waals surface area contributed by atoms with Crippen molar-refractivity contribution in [1.29, 1.82) is 0 Å².